The highest BCUT2D eigenvalue weighted by atomic mass is 16.4. The minimum absolute atomic E-state index is 0.115. The van der Waals surface area contributed by atoms with E-state index in [1.807, 2.05) is 0 Å². The van der Waals surface area contributed by atoms with Gasteiger partial charge in [-0.2, -0.15) is 0 Å². The van der Waals surface area contributed by atoms with E-state index in [-0.39, 0.29) is 17.2 Å². The zero-order chi connectivity index (χ0) is 10.6. The van der Waals surface area contributed by atoms with Crippen LogP contribution in [0.15, 0.2) is 34.6 Å². The van der Waals surface area contributed by atoms with Crippen LogP contribution in [0.4, 0.5) is 0 Å². The Bertz CT molecular complexity index is 368. The lowest BCUT2D eigenvalue weighted by Crippen LogP contribution is -2.11. The van der Waals surface area contributed by atoms with Gasteiger partial charge in [0, 0.05) is 5.56 Å². The summed E-state index contributed by atoms with van der Waals surface area (Å²) in [5.74, 6) is 0.115. The predicted octanol–water partition coefficient (Wildman–Crippen LogP) is 1.42. The molecule has 0 fully saturated rings. The van der Waals surface area contributed by atoms with Crippen LogP contribution >= 0.6 is 0 Å². The van der Waals surface area contributed by atoms with Crippen molar-refractivity contribution >= 4 is 11.4 Å². The van der Waals surface area contributed by atoms with E-state index < -0.39 is 0 Å². The molecule has 1 aromatic rings. The summed E-state index contributed by atoms with van der Waals surface area (Å²) < 4.78 is 0. The maximum Gasteiger partial charge on any atom is 0.134 e. The largest absolute Gasteiger partial charge is 0.508 e. The molecule has 74 valence electrons. The van der Waals surface area contributed by atoms with Crippen LogP contribution in [-0.2, 0) is 0 Å². The summed E-state index contributed by atoms with van der Waals surface area (Å²) in [6.45, 7) is 1.50. The van der Waals surface area contributed by atoms with E-state index in [2.05, 4.69) is 10.3 Å². The molecule has 5 heteroatoms. The molecule has 0 saturated carbocycles. The van der Waals surface area contributed by atoms with Gasteiger partial charge in [0.2, 0.25) is 0 Å². The summed E-state index contributed by atoms with van der Waals surface area (Å²) in [6, 6.07) is 6.01. The Morgan fingerprint density at radius 1 is 1.07 bits per heavy atom. The first kappa shape index (κ1) is 10.0. The van der Waals surface area contributed by atoms with E-state index >= 15 is 0 Å². The third-order valence-corrected chi connectivity index (χ3v) is 1.73. The molecule has 0 aliphatic heterocycles. The number of benzene rings is 1. The predicted molar refractivity (Wildman–Crippen MR) is 51.3 cm³/mol. The first-order valence-electron chi connectivity index (χ1n) is 3.89. The molecule has 0 aliphatic rings. The second kappa shape index (κ2) is 4.27. The molecule has 0 unspecified atom stereocenters. The Morgan fingerprint density at radius 2 is 1.64 bits per heavy atom. The van der Waals surface area contributed by atoms with E-state index in [4.69, 9.17) is 15.5 Å². The average molecular weight is 194 g/mol. The van der Waals surface area contributed by atoms with Crippen LogP contribution in [0.25, 0.3) is 0 Å². The number of hydrogen-bond acceptors (Lipinski definition) is 5. The number of oxime groups is 2. The number of phenolic OH excluding ortho intramolecular Hbond substituents is 1. The van der Waals surface area contributed by atoms with Crippen LogP contribution in [0.1, 0.15) is 12.5 Å². The summed E-state index contributed by atoms with van der Waals surface area (Å²) in [5.41, 5.74) is 0.909. The lowest BCUT2D eigenvalue weighted by atomic mass is 10.1. The fourth-order valence-corrected chi connectivity index (χ4v) is 1.01. The van der Waals surface area contributed by atoms with Gasteiger partial charge in [-0.25, -0.2) is 0 Å². The second-order valence-electron chi connectivity index (χ2n) is 2.68. The molecule has 3 N–H and O–H groups in total. The molecule has 0 atom stereocenters. The summed E-state index contributed by atoms with van der Waals surface area (Å²) >= 11 is 0. The van der Waals surface area contributed by atoms with E-state index in [1.165, 1.54) is 19.1 Å². The lowest BCUT2D eigenvalue weighted by Gasteiger charge is -2.02. The first-order valence-corrected chi connectivity index (χ1v) is 3.89. The van der Waals surface area contributed by atoms with Gasteiger partial charge in [-0.05, 0) is 31.2 Å². The van der Waals surface area contributed by atoms with Gasteiger partial charge in [0.25, 0.3) is 0 Å². The van der Waals surface area contributed by atoms with Crippen LogP contribution in [-0.4, -0.2) is 26.9 Å². The Balaban J connectivity index is 3.09. The third kappa shape index (κ3) is 2.01. The minimum atomic E-state index is 0.115. The second-order valence-corrected chi connectivity index (χ2v) is 2.68. The molecule has 14 heavy (non-hydrogen) atoms. The molecule has 0 spiro atoms. The smallest absolute Gasteiger partial charge is 0.134 e. The highest BCUT2D eigenvalue weighted by Gasteiger charge is 2.08. The van der Waals surface area contributed by atoms with Gasteiger partial charge in [0.15, 0.2) is 0 Å². The van der Waals surface area contributed by atoms with Crippen LogP contribution in [0.5, 0.6) is 5.75 Å². The zero-order valence-corrected chi connectivity index (χ0v) is 7.55. The molecule has 0 saturated heterocycles. The molecule has 5 nitrogen and oxygen atoms in total. The maximum atomic E-state index is 9.02. The van der Waals surface area contributed by atoms with Gasteiger partial charge >= 0.3 is 0 Å². The van der Waals surface area contributed by atoms with Crippen LogP contribution < -0.4 is 0 Å². The van der Waals surface area contributed by atoms with Crippen molar-refractivity contribution in [2.75, 3.05) is 0 Å². The summed E-state index contributed by atoms with van der Waals surface area (Å²) in [4.78, 5) is 0. The van der Waals surface area contributed by atoms with E-state index in [9.17, 15) is 0 Å². The lowest BCUT2D eigenvalue weighted by molar-refractivity contribution is 0.314. The molecular weight excluding hydrogens is 184 g/mol. The highest BCUT2D eigenvalue weighted by molar-refractivity contribution is 6.47. The number of aromatic hydroxyl groups is 1. The maximum absolute atomic E-state index is 9.02. The summed E-state index contributed by atoms with van der Waals surface area (Å²) in [6.07, 6.45) is 0. The van der Waals surface area contributed by atoms with Crippen LogP contribution in [0, 0.1) is 0 Å². The van der Waals surface area contributed by atoms with Crippen molar-refractivity contribution in [2.45, 2.75) is 6.92 Å². The topological polar surface area (TPSA) is 85.4 Å². The van der Waals surface area contributed by atoms with Gasteiger partial charge in [-0.1, -0.05) is 10.3 Å². The number of rotatable bonds is 2. The van der Waals surface area contributed by atoms with Crippen molar-refractivity contribution in [3.05, 3.63) is 29.8 Å². The van der Waals surface area contributed by atoms with Crippen molar-refractivity contribution in [2.24, 2.45) is 10.3 Å². The Hall–Kier alpha value is -2.04. The Morgan fingerprint density at radius 3 is 2.07 bits per heavy atom. The number of hydrogen-bond donors (Lipinski definition) is 3. The van der Waals surface area contributed by atoms with Crippen molar-refractivity contribution in [1.82, 2.24) is 0 Å². The van der Waals surface area contributed by atoms with Gasteiger partial charge in [-0.3, -0.25) is 0 Å². The number of nitrogens with zero attached hydrogens (tertiary/aromatic N) is 2. The first-order chi connectivity index (χ1) is 6.69. The van der Waals surface area contributed by atoms with E-state index in [0.29, 0.717) is 5.56 Å². The molecule has 1 aromatic carbocycles. The third-order valence-electron chi connectivity index (χ3n) is 1.73. The fourth-order valence-electron chi connectivity index (χ4n) is 1.01. The molecular formula is C9H10N2O3. The SMILES string of the molecule is CC(=N/O)/C(=N/O)c1ccc(O)cc1. The average Bonchev–Trinajstić information content (AvgIpc) is 2.21. The molecule has 0 bridgehead atoms. The minimum Gasteiger partial charge on any atom is -0.508 e. The quantitative estimate of drug-likeness (QED) is 0.378. The van der Waals surface area contributed by atoms with Crippen LogP contribution in [0.3, 0.4) is 0 Å². The van der Waals surface area contributed by atoms with Gasteiger partial charge in [0.05, 0.1) is 0 Å². The normalized spacial score (nSPS) is 12.9. The van der Waals surface area contributed by atoms with Crippen molar-refractivity contribution in [3.8, 4) is 5.75 Å². The van der Waals surface area contributed by atoms with Crippen molar-refractivity contribution in [3.63, 3.8) is 0 Å². The van der Waals surface area contributed by atoms with Crippen molar-refractivity contribution in [1.29, 1.82) is 0 Å². The highest BCUT2D eigenvalue weighted by Crippen LogP contribution is 2.11. The van der Waals surface area contributed by atoms with Gasteiger partial charge in [-0.15, -0.1) is 0 Å². The van der Waals surface area contributed by atoms with Gasteiger partial charge < -0.3 is 15.5 Å². The number of phenols is 1. The molecule has 0 heterocycles. The molecule has 0 radical (unpaired) electrons. The zero-order valence-electron chi connectivity index (χ0n) is 7.55. The molecule has 0 aliphatic carbocycles. The Labute approximate surface area is 80.6 Å². The fraction of sp³-hybridized carbons (Fsp3) is 0.111. The molecule has 0 aromatic heterocycles. The van der Waals surface area contributed by atoms with Gasteiger partial charge in [0.1, 0.15) is 17.2 Å². The summed E-state index contributed by atoms with van der Waals surface area (Å²) in [7, 11) is 0. The van der Waals surface area contributed by atoms with E-state index in [1.54, 1.807) is 12.1 Å². The van der Waals surface area contributed by atoms with E-state index in [0.717, 1.165) is 0 Å². The monoisotopic (exact) mass is 194 g/mol. The van der Waals surface area contributed by atoms with Crippen molar-refractivity contribution < 1.29 is 15.5 Å². The molecule has 1 rings (SSSR count). The standard InChI is InChI=1S/C9H10N2O3/c1-6(10-13)9(11-14)7-2-4-8(12)5-3-7/h2-5,12-14H,1H3/b10-6-,11-9-. The summed E-state index contributed by atoms with van der Waals surface area (Å²) in [5, 5.41) is 32.1. The van der Waals surface area contributed by atoms with Crippen LogP contribution in [0.2, 0.25) is 0 Å². The molecule has 0 amide bonds. The Kier molecular flexibility index (Phi) is 3.06.